The number of nitrogen functional groups attached to an aromatic ring is 1. The summed E-state index contributed by atoms with van der Waals surface area (Å²) in [6, 6.07) is 7.55. The third-order valence-electron chi connectivity index (χ3n) is 4.14. The Bertz CT molecular complexity index is 657. The summed E-state index contributed by atoms with van der Waals surface area (Å²) in [6.45, 7) is 4.29. The van der Waals surface area contributed by atoms with E-state index in [4.69, 9.17) is 17.3 Å². The minimum atomic E-state index is 0.555. The summed E-state index contributed by atoms with van der Waals surface area (Å²) in [6.07, 6.45) is 6.36. The quantitative estimate of drug-likeness (QED) is 0.752. The molecule has 0 atom stereocenters. The summed E-state index contributed by atoms with van der Waals surface area (Å²) in [5, 5.41) is 4.79. The standard InChI is InChI=1S/C17H20ClN3S/c1-11(12-5-3-2-4-6-12)15-16(19)21-17(22-15)20-14-9-7-13(18)8-10-14/h7-10,12H,1-6,19H2,(H,20,21). The monoisotopic (exact) mass is 333 g/mol. The molecule has 0 unspecified atom stereocenters. The van der Waals surface area contributed by atoms with Crippen LogP contribution in [0.5, 0.6) is 0 Å². The van der Waals surface area contributed by atoms with Crippen LogP contribution >= 0.6 is 22.9 Å². The molecular formula is C17H20ClN3S. The number of nitrogens with zero attached hydrogens (tertiary/aromatic N) is 1. The molecule has 3 N–H and O–H groups in total. The van der Waals surface area contributed by atoms with Crippen LogP contribution in [0.1, 0.15) is 37.0 Å². The van der Waals surface area contributed by atoms with E-state index in [1.165, 1.54) is 32.1 Å². The van der Waals surface area contributed by atoms with E-state index < -0.39 is 0 Å². The molecule has 0 saturated heterocycles. The van der Waals surface area contributed by atoms with Crippen molar-refractivity contribution in [2.45, 2.75) is 32.1 Å². The third kappa shape index (κ3) is 3.45. The number of hydrogen-bond donors (Lipinski definition) is 2. The Labute approximate surface area is 140 Å². The van der Waals surface area contributed by atoms with Crippen LogP contribution < -0.4 is 11.1 Å². The van der Waals surface area contributed by atoms with Crippen molar-refractivity contribution >= 4 is 45.1 Å². The van der Waals surface area contributed by atoms with E-state index in [2.05, 4.69) is 16.9 Å². The van der Waals surface area contributed by atoms with E-state index in [1.807, 2.05) is 24.3 Å². The van der Waals surface area contributed by atoms with E-state index in [0.717, 1.165) is 26.3 Å². The van der Waals surface area contributed by atoms with Crippen LogP contribution in [-0.4, -0.2) is 4.98 Å². The SMILES string of the molecule is C=C(c1sc(Nc2ccc(Cl)cc2)nc1N)C1CCCCC1. The van der Waals surface area contributed by atoms with Gasteiger partial charge in [-0.3, -0.25) is 0 Å². The van der Waals surface area contributed by atoms with Gasteiger partial charge in [-0.05, 0) is 48.6 Å². The maximum absolute atomic E-state index is 6.10. The first-order chi connectivity index (χ1) is 10.6. The van der Waals surface area contributed by atoms with Gasteiger partial charge in [0.2, 0.25) is 0 Å². The van der Waals surface area contributed by atoms with Crippen LogP contribution in [0, 0.1) is 5.92 Å². The average molecular weight is 334 g/mol. The van der Waals surface area contributed by atoms with Gasteiger partial charge in [0, 0.05) is 10.7 Å². The molecule has 1 aliphatic rings. The van der Waals surface area contributed by atoms with Crippen molar-refractivity contribution in [2.24, 2.45) is 5.92 Å². The molecule has 0 amide bonds. The number of thiazole rings is 1. The Morgan fingerprint density at radius 2 is 1.91 bits per heavy atom. The van der Waals surface area contributed by atoms with Crippen molar-refractivity contribution < 1.29 is 0 Å². The summed E-state index contributed by atoms with van der Waals surface area (Å²) < 4.78 is 0. The van der Waals surface area contributed by atoms with E-state index in [-0.39, 0.29) is 0 Å². The predicted octanol–water partition coefficient (Wildman–Crippen LogP) is 5.72. The van der Waals surface area contributed by atoms with E-state index in [1.54, 1.807) is 11.3 Å². The second-order valence-corrected chi connectivity index (χ2v) is 7.16. The molecule has 22 heavy (non-hydrogen) atoms. The first kappa shape index (κ1) is 15.4. The van der Waals surface area contributed by atoms with Gasteiger partial charge in [0.1, 0.15) is 5.82 Å². The molecule has 0 spiro atoms. The van der Waals surface area contributed by atoms with E-state index in [0.29, 0.717) is 11.7 Å². The van der Waals surface area contributed by atoms with Gasteiger partial charge in [-0.2, -0.15) is 0 Å². The lowest BCUT2D eigenvalue weighted by Gasteiger charge is -2.23. The van der Waals surface area contributed by atoms with E-state index in [9.17, 15) is 0 Å². The number of rotatable bonds is 4. The number of benzene rings is 1. The minimum absolute atomic E-state index is 0.555. The average Bonchev–Trinajstić information content (AvgIpc) is 2.90. The first-order valence-electron chi connectivity index (χ1n) is 7.61. The molecule has 116 valence electrons. The first-order valence-corrected chi connectivity index (χ1v) is 8.81. The predicted molar refractivity (Wildman–Crippen MR) is 96.9 cm³/mol. The fourth-order valence-corrected chi connectivity index (χ4v) is 3.99. The van der Waals surface area contributed by atoms with Gasteiger partial charge in [-0.25, -0.2) is 4.98 Å². The van der Waals surface area contributed by atoms with Gasteiger partial charge in [0.05, 0.1) is 4.88 Å². The molecule has 5 heteroatoms. The molecule has 0 bridgehead atoms. The molecule has 3 rings (SSSR count). The number of nitrogens with one attached hydrogen (secondary N) is 1. The molecule has 0 aliphatic heterocycles. The maximum Gasteiger partial charge on any atom is 0.189 e. The smallest absolute Gasteiger partial charge is 0.189 e. The molecule has 3 nitrogen and oxygen atoms in total. The van der Waals surface area contributed by atoms with Crippen molar-refractivity contribution in [1.82, 2.24) is 4.98 Å². The minimum Gasteiger partial charge on any atom is -0.382 e. The Balaban J connectivity index is 1.75. The number of allylic oxidation sites excluding steroid dienone is 1. The molecule has 1 aromatic heterocycles. The lowest BCUT2D eigenvalue weighted by Crippen LogP contribution is -2.08. The summed E-state index contributed by atoms with van der Waals surface area (Å²) in [4.78, 5) is 5.47. The lowest BCUT2D eigenvalue weighted by atomic mass is 9.84. The van der Waals surface area contributed by atoms with Crippen LogP contribution in [0.15, 0.2) is 30.8 Å². The second-order valence-electron chi connectivity index (χ2n) is 5.73. The normalized spacial score (nSPS) is 15.7. The van der Waals surface area contributed by atoms with Gasteiger partial charge in [0.25, 0.3) is 0 Å². The highest BCUT2D eigenvalue weighted by Crippen LogP contribution is 2.40. The molecule has 1 fully saturated rings. The summed E-state index contributed by atoms with van der Waals surface area (Å²) >= 11 is 7.48. The fourth-order valence-electron chi connectivity index (χ4n) is 2.91. The number of aromatic nitrogens is 1. The molecule has 0 radical (unpaired) electrons. The van der Waals surface area contributed by atoms with Crippen molar-refractivity contribution in [3.8, 4) is 0 Å². The highest BCUT2D eigenvalue weighted by atomic mass is 35.5. The molecule has 1 saturated carbocycles. The van der Waals surface area contributed by atoms with Crippen molar-refractivity contribution in [2.75, 3.05) is 11.1 Å². The maximum atomic E-state index is 6.10. The van der Waals surface area contributed by atoms with Gasteiger partial charge in [0.15, 0.2) is 5.13 Å². The zero-order valence-corrected chi connectivity index (χ0v) is 14.0. The topological polar surface area (TPSA) is 50.9 Å². The Morgan fingerprint density at radius 1 is 1.23 bits per heavy atom. The highest BCUT2D eigenvalue weighted by molar-refractivity contribution is 7.17. The summed E-state index contributed by atoms with van der Waals surface area (Å²) in [7, 11) is 0. The summed E-state index contributed by atoms with van der Waals surface area (Å²) in [5.74, 6) is 1.14. The Hall–Kier alpha value is -1.52. The van der Waals surface area contributed by atoms with Crippen molar-refractivity contribution in [3.63, 3.8) is 0 Å². The zero-order valence-electron chi connectivity index (χ0n) is 12.4. The largest absolute Gasteiger partial charge is 0.382 e. The molecule has 1 aromatic carbocycles. The second kappa shape index (κ2) is 6.71. The van der Waals surface area contributed by atoms with Gasteiger partial charge >= 0.3 is 0 Å². The van der Waals surface area contributed by atoms with Crippen molar-refractivity contribution in [3.05, 3.63) is 40.7 Å². The molecule has 2 aromatic rings. The highest BCUT2D eigenvalue weighted by Gasteiger charge is 2.21. The Kier molecular flexibility index (Phi) is 4.69. The van der Waals surface area contributed by atoms with Crippen LogP contribution in [0.2, 0.25) is 5.02 Å². The number of hydrogen-bond acceptors (Lipinski definition) is 4. The van der Waals surface area contributed by atoms with Crippen molar-refractivity contribution in [1.29, 1.82) is 0 Å². The van der Waals surface area contributed by atoms with Gasteiger partial charge < -0.3 is 11.1 Å². The van der Waals surface area contributed by atoms with Crippen LogP contribution in [0.4, 0.5) is 16.6 Å². The molecule has 1 heterocycles. The summed E-state index contributed by atoms with van der Waals surface area (Å²) in [5.41, 5.74) is 8.21. The molecular weight excluding hydrogens is 314 g/mol. The zero-order chi connectivity index (χ0) is 15.5. The van der Waals surface area contributed by atoms with Gasteiger partial charge in [-0.15, -0.1) is 0 Å². The molecule has 1 aliphatic carbocycles. The van der Waals surface area contributed by atoms with Crippen LogP contribution in [0.3, 0.4) is 0 Å². The number of anilines is 3. The number of halogens is 1. The number of nitrogens with two attached hydrogens (primary N) is 1. The third-order valence-corrected chi connectivity index (χ3v) is 5.45. The van der Waals surface area contributed by atoms with Crippen LogP contribution in [0.25, 0.3) is 5.57 Å². The Morgan fingerprint density at radius 3 is 2.59 bits per heavy atom. The van der Waals surface area contributed by atoms with Crippen LogP contribution in [-0.2, 0) is 0 Å². The lowest BCUT2D eigenvalue weighted by molar-refractivity contribution is 0.430. The van der Waals surface area contributed by atoms with E-state index >= 15 is 0 Å². The van der Waals surface area contributed by atoms with Gasteiger partial charge in [-0.1, -0.05) is 48.8 Å². The fraction of sp³-hybridized carbons (Fsp3) is 0.353.